The van der Waals surface area contributed by atoms with Gasteiger partial charge in [0.2, 0.25) is 0 Å². The first kappa shape index (κ1) is 9.27. The third-order valence-corrected chi connectivity index (χ3v) is 2.50. The van der Waals surface area contributed by atoms with E-state index in [2.05, 4.69) is 30.9 Å². The molecule has 2 rings (SSSR count). The van der Waals surface area contributed by atoms with Gasteiger partial charge in [-0.25, -0.2) is 9.97 Å². The maximum absolute atomic E-state index is 4.14. The highest BCUT2D eigenvalue weighted by molar-refractivity contribution is 9.10. The highest BCUT2D eigenvalue weighted by Crippen LogP contribution is 2.24. The Morgan fingerprint density at radius 3 is 2.86 bits per heavy atom. The second-order valence-electron chi connectivity index (χ2n) is 2.91. The number of hydrogen-bond donors (Lipinski definition) is 0. The molecule has 2 aromatic heterocycles. The Balaban J connectivity index is 2.55. The lowest BCUT2D eigenvalue weighted by molar-refractivity contribution is 1.14. The van der Waals surface area contributed by atoms with Gasteiger partial charge in [0, 0.05) is 23.7 Å². The summed E-state index contributed by atoms with van der Waals surface area (Å²) in [6.45, 7) is 1.96. The first-order valence-electron chi connectivity index (χ1n) is 4.16. The molecule has 0 bridgehead atoms. The van der Waals surface area contributed by atoms with Crippen LogP contribution in [0.25, 0.3) is 11.1 Å². The fourth-order valence-corrected chi connectivity index (χ4v) is 1.64. The predicted molar refractivity (Wildman–Crippen MR) is 57.7 cm³/mol. The van der Waals surface area contributed by atoms with Crippen molar-refractivity contribution in [3.63, 3.8) is 0 Å². The van der Waals surface area contributed by atoms with E-state index >= 15 is 0 Å². The normalized spacial score (nSPS) is 10.1. The summed E-state index contributed by atoms with van der Waals surface area (Å²) >= 11 is 3.39. The van der Waals surface area contributed by atoms with E-state index in [9.17, 15) is 0 Å². The maximum Gasteiger partial charge on any atom is 0.117 e. The number of halogens is 1. The smallest absolute Gasteiger partial charge is 0.117 e. The van der Waals surface area contributed by atoms with Crippen molar-refractivity contribution in [3.8, 4) is 11.1 Å². The van der Waals surface area contributed by atoms with Crippen LogP contribution in [0.15, 0.2) is 35.5 Å². The Hall–Kier alpha value is -1.29. The van der Waals surface area contributed by atoms with E-state index in [1.807, 2.05) is 19.1 Å². The second-order valence-corrected chi connectivity index (χ2v) is 3.66. The van der Waals surface area contributed by atoms with Crippen LogP contribution < -0.4 is 0 Å². The molecular formula is C10H8BrN3. The molecule has 70 valence electrons. The van der Waals surface area contributed by atoms with Gasteiger partial charge < -0.3 is 0 Å². The number of aryl methyl sites for hydroxylation is 1. The molecule has 0 spiro atoms. The number of aromatic nitrogens is 3. The van der Waals surface area contributed by atoms with Crippen molar-refractivity contribution >= 4 is 15.9 Å². The molecule has 0 radical (unpaired) electrons. The van der Waals surface area contributed by atoms with Crippen molar-refractivity contribution in [1.82, 2.24) is 15.0 Å². The molecule has 0 atom stereocenters. The molecule has 0 aliphatic carbocycles. The molecule has 3 nitrogen and oxygen atoms in total. The van der Waals surface area contributed by atoms with Crippen LogP contribution in [-0.4, -0.2) is 15.0 Å². The van der Waals surface area contributed by atoms with Gasteiger partial charge in [-0.15, -0.1) is 0 Å². The van der Waals surface area contributed by atoms with Crippen LogP contribution in [0, 0.1) is 6.92 Å². The number of pyridine rings is 1. The van der Waals surface area contributed by atoms with Crippen LogP contribution in [0.4, 0.5) is 0 Å². The van der Waals surface area contributed by atoms with E-state index in [0.29, 0.717) is 0 Å². The topological polar surface area (TPSA) is 38.7 Å². The van der Waals surface area contributed by atoms with Gasteiger partial charge in [-0.1, -0.05) is 0 Å². The molecule has 0 unspecified atom stereocenters. The summed E-state index contributed by atoms with van der Waals surface area (Å²) in [6, 6.07) is 3.94. The summed E-state index contributed by atoms with van der Waals surface area (Å²) in [7, 11) is 0. The van der Waals surface area contributed by atoms with E-state index < -0.39 is 0 Å². The van der Waals surface area contributed by atoms with Crippen LogP contribution in [0.2, 0.25) is 0 Å². The molecular weight excluding hydrogens is 242 g/mol. The fraction of sp³-hybridized carbons (Fsp3) is 0.100. The average Bonchev–Trinajstić information content (AvgIpc) is 2.18. The molecule has 2 heterocycles. The lowest BCUT2D eigenvalue weighted by atomic mass is 10.1. The van der Waals surface area contributed by atoms with Crippen molar-refractivity contribution < 1.29 is 0 Å². The Morgan fingerprint density at radius 1 is 1.29 bits per heavy atom. The standard InChI is InChI=1S/C10H8BrN3/c1-7-4-8(2-3-13-7)9-5-12-6-14-10(9)11/h2-6H,1H3. The van der Waals surface area contributed by atoms with Gasteiger partial charge in [0.05, 0.1) is 0 Å². The largest absolute Gasteiger partial charge is 0.262 e. The van der Waals surface area contributed by atoms with Crippen LogP contribution >= 0.6 is 15.9 Å². The van der Waals surface area contributed by atoms with E-state index in [4.69, 9.17) is 0 Å². The Kier molecular flexibility index (Phi) is 2.54. The molecule has 4 heteroatoms. The minimum atomic E-state index is 0.804. The lowest BCUT2D eigenvalue weighted by Crippen LogP contribution is -1.87. The van der Waals surface area contributed by atoms with Crippen LogP contribution in [0.1, 0.15) is 5.69 Å². The number of rotatable bonds is 1. The summed E-state index contributed by atoms with van der Waals surface area (Å²) in [5, 5.41) is 0. The quantitative estimate of drug-likeness (QED) is 0.730. The van der Waals surface area contributed by atoms with Crippen LogP contribution in [0.3, 0.4) is 0 Å². The molecule has 0 aromatic carbocycles. The second kappa shape index (κ2) is 3.84. The third kappa shape index (κ3) is 1.80. The van der Waals surface area contributed by atoms with E-state index in [1.165, 1.54) is 6.33 Å². The molecule has 2 aromatic rings. The monoisotopic (exact) mass is 249 g/mol. The van der Waals surface area contributed by atoms with Crippen LogP contribution in [-0.2, 0) is 0 Å². The van der Waals surface area contributed by atoms with Crippen molar-refractivity contribution in [1.29, 1.82) is 0 Å². The average molecular weight is 250 g/mol. The highest BCUT2D eigenvalue weighted by atomic mass is 79.9. The molecule has 0 fully saturated rings. The summed E-state index contributed by atoms with van der Waals surface area (Å²) in [5.74, 6) is 0. The van der Waals surface area contributed by atoms with Crippen molar-refractivity contribution in [2.45, 2.75) is 6.92 Å². The Bertz CT molecular complexity index is 457. The van der Waals surface area contributed by atoms with Gasteiger partial charge in [0.15, 0.2) is 0 Å². The summed E-state index contributed by atoms with van der Waals surface area (Å²) in [6.07, 6.45) is 5.08. The number of nitrogens with zero attached hydrogens (tertiary/aromatic N) is 3. The van der Waals surface area contributed by atoms with Crippen molar-refractivity contribution in [3.05, 3.63) is 41.2 Å². The SMILES string of the molecule is Cc1cc(-c2cncnc2Br)ccn1. The maximum atomic E-state index is 4.14. The van der Waals surface area contributed by atoms with Gasteiger partial charge in [0.25, 0.3) is 0 Å². The van der Waals surface area contributed by atoms with Gasteiger partial charge in [-0.3, -0.25) is 4.98 Å². The molecule has 0 amide bonds. The van der Waals surface area contributed by atoms with E-state index in [1.54, 1.807) is 12.4 Å². The van der Waals surface area contributed by atoms with Gasteiger partial charge in [-0.2, -0.15) is 0 Å². The molecule has 0 N–H and O–H groups in total. The first-order chi connectivity index (χ1) is 6.77. The highest BCUT2D eigenvalue weighted by Gasteiger charge is 2.03. The minimum Gasteiger partial charge on any atom is -0.262 e. The van der Waals surface area contributed by atoms with E-state index in [-0.39, 0.29) is 0 Å². The summed E-state index contributed by atoms with van der Waals surface area (Å²) < 4.78 is 0.804. The molecule has 14 heavy (non-hydrogen) atoms. The molecule has 0 aliphatic rings. The zero-order chi connectivity index (χ0) is 9.97. The predicted octanol–water partition coefficient (Wildman–Crippen LogP) is 2.61. The Morgan fingerprint density at radius 2 is 2.14 bits per heavy atom. The summed E-state index contributed by atoms with van der Waals surface area (Å²) in [4.78, 5) is 12.2. The lowest BCUT2D eigenvalue weighted by Gasteiger charge is -2.02. The van der Waals surface area contributed by atoms with Gasteiger partial charge in [0.1, 0.15) is 10.9 Å². The molecule has 0 saturated carbocycles. The third-order valence-electron chi connectivity index (χ3n) is 1.87. The van der Waals surface area contributed by atoms with Crippen molar-refractivity contribution in [2.75, 3.05) is 0 Å². The molecule has 0 aliphatic heterocycles. The fourth-order valence-electron chi connectivity index (χ4n) is 1.22. The van der Waals surface area contributed by atoms with Crippen LogP contribution in [0.5, 0.6) is 0 Å². The molecule has 0 saturated heterocycles. The number of hydrogen-bond acceptors (Lipinski definition) is 3. The first-order valence-corrected chi connectivity index (χ1v) is 4.95. The van der Waals surface area contributed by atoms with Gasteiger partial charge >= 0.3 is 0 Å². The zero-order valence-corrected chi connectivity index (χ0v) is 9.19. The Labute approximate surface area is 90.4 Å². The van der Waals surface area contributed by atoms with Crippen molar-refractivity contribution in [2.24, 2.45) is 0 Å². The van der Waals surface area contributed by atoms with Gasteiger partial charge in [-0.05, 0) is 40.5 Å². The van der Waals surface area contributed by atoms with E-state index in [0.717, 1.165) is 21.4 Å². The summed E-state index contributed by atoms with van der Waals surface area (Å²) in [5.41, 5.74) is 3.04. The zero-order valence-electron chi connectivity index (χ0n) is 7.61. The minimum absolute atomic E-state index is 0.804.